The number of hydrogen-bond donors (Lipinski definition) is 3. The molecule has 172 valence electrons. The number of benzene rings is 2. The predicted octanol–water partition coefficient (Wildman–Crippen LogP) is 4.71. The van der Waals surface area contributed by atoms with Gasteiger partial charge in [-0.3, -0.25) is 9.52 Å². The third kappa shape index (κ3) is 5.21. The molecule has 1 heterocycles. The number of thiophene rings is 1. The summed E-state index contributed by atoms with van der Waals surface area (Å²) in [5.74, 6) is -1.45. The number of amides is 1. The molecule has 0 spiro atoms. The highest BCUT2D eigenvalue weighted by Gasteiger charge is 2.25. The molecule has 2 aromatic carbocycles. The van der Waals surface area contributed by atoms with Gasteiger partial charge in [0.1, 0.15) is 4.21 Å². The van der Waals surface area contributed by atoms with Crippen molar-refractivity contribution >= 4 is 50.5 Å². The van der Waals surface area contributed by atoms with Crippen LogP contribution in [-0.4, -0.2) is 25.4 Å². The molecular formula is C23H21ClN2O5S2. The number of sulfonamides is 1. The molecule has 4 rings (SSSR count). The fraction of sp³-hybridized carbons (Fsp3) is 0.217. The lowest BCUT2D eigenvalue weighted by atomic mass is 9.87. The highest BCUT2D eigenvalue weighted by molar-refractivity contribution is 7.94. The number of halogens is 1. The Morgan fingerprint density at radius 3 is 2.45 bits per heavy atom. The Bertz CT molecular complexity index is 1320. The van der Waals surface area contributed by atoms with Crippen molar-refractivity contribution in [1.82, 2.24) is 5.32 Å². The maximum Gasteiger partial charge on any atom is 0.338 e. The third-order valence-corrected chi connectivity index (χ3v) is 8.62. The van der Waals surface area contributed by atoms with Gasteiger partial charge in [-0.1, -0.05) is 17.7 Å². The number of hydrogen-bond acceptors (Lipinski definition) is 5. The van der Waals surface area contributed by atoms with Gasteiger partial charge < -0.3 is 10.4 Å². The van der Waals surface area contributed by atoms with Crippen LogP contribution in [0.5, 0.6) is 0 Å². The zero-order chi connectivity index (χ0) is 23.6. The van der Waals surface area contributed by atoms with Crippen LogP contribution >= 0.6 is 22.9 Å². The maximum absolute atomic E-state index is 13.0. The summed E-state index contributed by atoms with van der Waals surface area (Å²) < 4.78 is 28.4. The van der Waals surface area contributed by atoms with Crippen molar-refractivity contribution in [3.05, 3.63) is 80.7 Å². The number of anilines is 1. The molecule has 33 heavy (non-hydrogen) atoms. The highest BCUT2D eigenvalue weighted by Crippen LogP contribution is 2.32. The number of carboxylic acid groups (broad SMARTS) is 1. The zero-order valence-corrected chi connectivity index (χ0v) is 19.8. The number of fused-ring (bicyclic) bond motifs is 1. The third-order valence-electron chi connectivity index (χ3n) is 5.42. The van der Waals surface area contributed by atoms with Gasteiger partial charge >= 0.3 is 5.97 Å². The molecule has 1 aliphatic carbocycles. The molecule has 0 saturated heterocycles. The lowest BCUT2D eigenvalue weighted by Gasteiger charge is -2.20. The quantitative estimate of drug-likeness (QED) is 0.431. The molecule has 1 aliphatic rings. The summed E-state index contributed by atoms with van der Waals surface area (Å²) in [6.45, 7) is 0.154. The number of carbonyl (C=O) groups is 2. The molecule has 3 N–H and O–H groups in total. The van der Waals surface area contributed by atoms with Crippen LogP contribution in [0.25, 0.3) is 0 Å². The number of aryl methyl sites for hydroxylation is 1. The molecule has 1 amide bonds. The summed E-state index contributed by atoms with van der Waals surface area (Å²) >= 11 is 6.84. The topological polar surface area (TPSA) is 113 Å². The number of rotatable bonds is 7. The van der Waals surface area contributed by atoms with E-state index in [2.05, 4.69) is 10.0 Å². The molecule has 0 fully saturated rings. The first-order valence-corrected chi connectivity index (χ1v) is 13.0. The van der Waals surface area contributed by atoms with Crippen molar-refractivity contribution in [3.8, 4) is 0 Å². The van der Waals surface area contributed by atoms with Crippen LogP contribution in [0, 0.1) is 0 Å². The largest absolute Gasteiger partial charge is 0.478 e. The predicted molar refractivity (Wildman–Crippen MR) is 128 cm³/mol. The monoisotopic (exact) mass is 504 g/mol. The molecular weight excluding hydrogens is 484 g/mol. The number of carbonyl (C=O) groups excluding carboxylic acids is 1. The molecule has 1 aromatic heterocycles. The first-order chi connectivity index (χ1) is 15.7. The second-order valence-electron chi connectivity index (χ2n) is 7.65. The van der Waals surface area contributed by atoms with Crippen molar-refractivity contribution in [1.29, 1.82) is 0 Å². The Morgan fingerprint density at radius 1 is 1.00 bits per heavy atom. The van der Waals surface area contributed by atoms with Crippen LogP contribution in [0.3, 0.4) is 0 Å². The zero-order valence-electron chi connectivity index (χ0n) is 17.4. The van der Waals surface area contributed by atoms with Gasteiger partial charge in [-0.15, -0.1) is 11.3 Å². The van der Waals surface area contributed by atoms with E-state index in [1.54, 1.807) is 36.4 Å². The Kier molecular flexibility index (Phi) is 6.73. The SMILES string of the molecule is O=C(NCc1ccc(S(=O)(=O)Nc2ccc3c(c2C(=O)O)CCCC3)s1)c1ccc(Cl)cc1. The summed E-state index contributed by atoms with van der Waals surface area (Å²) in [6.07, 6.45) is 3.27. The fourth-order valence-electron chi connectivity index (χ4n) is 3.82. The van der Waals surface area contributed by atoms with E-state index in [0.717, 1.165) is 36.2 Å². The lowest BCUT2D eigenvalue weighted by molar-refractivity contribution is 0.0696. The van der Waals surface area contributed by atoms with Crippen LogP contribution in [0.2, 0.25) is 5.02 Å². The number of aromatic carboxylic acids is 1. The van der Waals surface area contributed by atoms with Gasteiger partial charge in [0.25, 0.3) is 15.9 Å². The number of nitrogens with one attached hydrogen (secondary N) is 2. The number of carboxylic acids is 1. The van der Waals surface area contributed by atoms with Crippen LogP contribution in [-0.2, 0) is 29.4 Å². The minimum absolute atomic E-state index is 0.0165. The molecule has 0 radical (unpaired) electrons. The van der Waals surface area contributed by atoms with E-state index >= 15 is 0 Å². The highest BCUT2D eigenvalue weighted by atomic mass is 35.5. The second-order valence-corrected chi connectivity index (χ2v) is 11.2. The van der Waals surface area contributed by atoms with Crippen LogP contribution in [0.15, 0.2) is 52.7 Å². The second kappa shape index (κ2) is 9.54. The van der Waals surface area contributed by atoms with Gasteiger partial charge in [0.15, 0.2) is 0 Å². The van der Waals surface area contributed by atoms with Crippen molar-refractivity contribution in [2.45, 2.75) is 36.4 Å². The fourth-order valence-corrected chi connectivity index (χ4v) is 6.31. The van der Waals surface area contributed by atoms with E-state index in [9.17, 15) is 23.1 Å². The summed E-state index contributed by atoms with van der Waals surface area (Å²) in [5, 5.41) is 13.0. The lowest BCUT2D eigenvalue weighted by Crippen LogP contribution is -2.22. The Balaban J connectivity index is 1.49. The van der Waals surface area contributed by atoms with Crippen molar-refractivity contribution in [3.63, 3.8) is 0 Å². The van der Waals surface area contributed by atoms with Gasteiger partial charge in [0, 0.05) is 15.5 Å². The van der Waals surface area contributed by atoms with E-state index in [4.69, 9.17) is 11.6 Å². The minimum atomic E-state index is -3.99. The van der Waals surface area contributed by atoms with Crippen molar-refractivity contribution < 1.29 is 23.1 Å². The van der Waals surface area contributed by atoms with Gasteiger partial charge in [-0.2, -0.15) is 0 Å². The molecule has 7 nitrogen and oxygen atoms in total. The van der Waals surface area contributed by atoms with Gasteiger partial charge in [0.2, 0.25) is 0 Å². The average Bonchev–Trinajstić information content (AvgIpc) is 3.27. The molecule has 10 heteroatoms. The first-order valence-electron chi connectivity index (χ1n) is 10.3. The molecule has 3 aromatic rings. The van der Waals surface area contributed by atoms with E-state index in [1.807, 2.05) is 0 Å². The molecule has 0 aliphatic heterocycles. The summed E-state index contributed by atoms with van der Waals surface area (Å²) in [6, 6.07) is 12.8. The Labute approximate surface area is 200 Å². The summed E-state index contributed by atoms with van der Waals surface area (Å²) in [4.78, 5) is 24.8. The van der Waals surface area contributed by atoms with E-state index < -0.39 is 16.0 Å². The van der Waals surface area contributed by atoms with Gasteiger partial charge in [-0.25, -0.2) is 13.2 Å². The maximum atomic E-state index is 13.0. The standard InChI is InChI=1S/C23H21ClN2O5S2/c24-16-8-5-15(6-9-16)22(27)25-13-17-10-12-20(32-17)33(30,31)26-19-11-7-14-3-1-2-4-18(14)21(19)23(28)29/h5-12,26H,1-4,13H2,(H,25,27)(H,28,29). The van der Waals surface area contributed by atoms with E-state index in [0.29, 0.717) is 27.4 Å². The summed E-state index contributed by atoms with van der Waals surface area (Å²) in [7, 11) is -3.99. The van der Waals surface area contributed by atoms with E-state index in [-0.39, 0.29) is 27.9 Å². The van der Waals surface area contributed by atoms with Crippen molar-refractivity contribution in [2.24, 2.45) is 0 Å². The molecule has 0 saturated carbocycles. The molecule has 0 unspecified atom stereocenters. The average molecular weight is 505 g/mol. The Hall–Kier alpha value is -2.88. The van der Waals surface area contributed by atoms with Crippen LogP contribution in [0.4, 0.5) is 5.69 Å². The Morgan fingerprint density at radius 2 is 1.73 bits per heavy atom. The van der Waals surface area contributed by atoms with Gasteiger partial charge in [-0.05, 0) is 79.3 Å². The van der Waals surface area contributed by atoms with Crippen molar-refractivity contribution in [2.75, 3.05) is 4.72 Å². The van der Waals surface area contributed by atoms with Crippen LogP contribution < -0.4 is 10.0 Å². The van der Waals surface area contributed by atoms with E-state index in [1.165, 1.54) is 12.1 Å². The smallest absolute Gasteiger partial charge is 0.338 e. The normalized spacial score (nSPS) is 13.2. The molecule has 0 atom stereocenters. The van der Waals surface area contributed by atoms with Crippen LogP contribution in [0.1, 0.15) is 49.6 Å². The molecule has 0 bridgehead atoms. The summed E-state index contributed by atoms with van der Waals surface area (Å²) in [5.41, 5.74) is 2.18. The first kappa shape index (κ1) is 23.3. The van der Waals surface area contributed by atoms with Gasteiger partial charge in [0.05, 0.1) is 17.8 Å². The minimum Gasteiger partial charge on any atom is -0.478 e.